The molecule has 0 bridgehead atoms. The fourth-order valence-corrected chi connectivity index (χ4v) is 2.35. The number of carboxylic acid groups (broad SMARTS) is 1. The van der Waals surface area contributed by atoms with Crippen molar-refractivity contribution in [1.29, 1.82) is 0 Å². The van der Waals surface area contributed by atoms with Crippen molar-refractivity contribution in [3.05, 3.63) is 0 Å². The van der Waals surface area contributed by atoms with Crippen LogP contribution in [0.2, 0.25) is 0 Å². The van der Waals surface area contributed by atoms with Gasteiger partial charge in [0.15, 0.2) is 0 Å². The van der Waals surface area contributed by atoms with Gasteiger partial charge in [-0.1, -0.05) is 34.1 Å². The molecule has 19 heavy (non-hydrogen) atoms. The molecular weight excluding hydrogens is 244 g/mol. The maximum atomic E-state index is 12.1. The van der Waals surface area contributed by atoms with Crippen LogP contribution in [0.4, 0.5) is 4.79 Å². The van der Waals surface area contributed by atoms with Crippen LogP contribution < -0.4 is 5.32 Å². The van der Waals surface area contributed by atoms with Crippen LogP contribution in [0.3, 0.4) is 0 Å². The van der Waals surface area contributed by atoms with Crippen LogP contribution in [-0.4, -0.2) is 41.1 Å². The average molecular weight is 270 g/mol. The number of likely N-dealkylation sites (tertiary alicyclic amines) is 1. The Morgan fingerprint density at radius 1 is 1.37 bits per heavy atom. The molecule has 2 N–H and O–H groups in total. The van der Waals surface area contributed by atoms with Gasteiger partial charge in [-0.2, -0.15) is 0 Å². The topological polar surface area (TPSA) is 69.6 Å². The minimum absolute atomic E-state index is 0.0670. The Morgan fingerprint density at radius 3 is 2.47 bits per heavy atom. The molecule has 0 aromatic carbocycles. The van der Waals surface area contributed by atoms with E-state index in [-0.39, 0.29) is 11.9 Å². The van der Waals surface area contributed by atoms with Crippen molar-refractivity contribution in [2.75, 3.05) is 13.1 Å². The van der Waals surface area contributed by atoms with Crippen LogP contribution >= 0.6 is 0 Å². The normalized spacial score (nSPS) is 26.6. The molecule has 1 aliphatic heterocycles. The maximum Gasteiger partial charge on any atom is 0.326 e. The van der Waals surface area contributed by atoms with Crippen molar-refractivity contribution in [3.63, 3.8) is 0 Å². The van der Waals surface area contributed by atoms with E-state index in [0.717, 1.165) is 12.8 Å². The molecule has 0 aromatic rings. The van der Waals surface area contributed by atoms with Crippen LogP contribution in [0.5, 0.6) is 0 Å². The zero-order valence-electron chi connectivity index (χ0n) is 12.3. The Morgan fingerprint density at radius 2 is 2.00 bits per heavy atom. The van der Waals surface area contributed by atoms with Crippen molar-refractivity contribution in [2.24, 2.45) is 17.8 Å². The van der Waals surface area contributed by atoms with E-state index in [2.05, 4.69) is 19.2 Å². The number of carboxylic acids is 1. The first-order valence-electron chi connectivity index (χ1n) is 7.15. The summed E-state index contributed by atoms with van der Waals surface area (Å²) in [4.78, 5) is 25.1. The molecule has 2 unspecified atom stereocenters. The lowest BCUT2D eigenvalue weighted by atomic mass is 9.89. The minimum atomic E-state index is -0.957. The summed E-state index contributed by atoms with van der Waals surface area (Å²) in [7, 11) is 0. The number of nitrogens with one attached hydrogen (secondary N) is 1. The Labute approximate surface area is 115 Å². The molecule has 0 aromatic heterocycles. The van der Waals surface area contributed by atoms with Gasteiger partial charge in [0, 0.05) is 13.1 Å². The van der Waals surface area contributed by atoms with Crippen molar-refractivity contribution < 1.29 is 14.7 Å². The number of carbonyl (C=O) groups excluding carboxylic acids is 1. The van der Waals surface area contributed by atoms with Gasteiger partial charge in [-0.25, -0.2) is 9.59 Å². The van der Waals surface area contributed by atoms with Gasteiger partial charge < -0.3 is 15.3 Å². The van der Waals surface area contributed by atoms with Gasteiger partial charge in [-0.05, 0) is 24.2 Å². The zero-order valence-corrected chi connectivity index (χ0v) is 12.3. The van der Waals surface area contributed by atoms with Gasteiger partial charge in [0.2, 0.25) is 0 Å². The Balaban J connectivity index is 2.60. The number of rotatable bonds is 4. The molecule has 4 atom stereocenters. The molecular formula is C14H26N2O3. The molecule has 0 saturated carbocycles. The van der Waals surface area contributed by atoms with E-state index in [9.17, 15) is 14.7 Å². The van der Waals surface area contributed by atoms with Gasteiger partial charge in [0.05, 0.1) is 0 Å². The lowest BCUT2D eigenvalue weighted by Crippen LogP contribution is -2.53. The molecule has 1 heterocycles. The highest BCUT2D eigenvalue weighted by molar-refractivity contribution is 5.82. The number of hydrogen-bond donors (Lipinski definition) is 2. The van der Waals surface area contributed by atoms with Gasteiger partial charge in [-0.3, -0.25) is 0 Å². The number of amides is 2. The van der Waals surface area contributed by atoms with Crippen molar-refractivity contribution in [3.8, 4) is 0 Å². The van der Waals surface area contributed by atoms with Gasteiger partial charge in [0.25, 0.3) is 0 Å². The number of piperidine rings is 1. The van der Waals surface area contributed by atoms with E-state index in [1.165, 1.54) is 0 Å². The van der Waals surface area contributed by atoms with Crippen LogP contribution in [0.25, 0.3) is 0 Å². The van der Waals surface area contributed by atoms with E-state index in [1.54, 1.807) is 4.90 Å². The lowest BCUT2D eigenvalue weighted by molar-refractivity contribution is -0.140. The molecule has 1 aliphatic rings. The highest BCUT2D eigenvalue weighted by Gasteiger charge is 2.30. The van der Waals surface area contributed by atoms with Crippen LogP contribution in [0.1, 0.15) is 40.5 Å². The predicted octanol–water partition coefficient (Wildman–Crippen LogP) is 2.17. The Kier molecular flexibility index (Phi) is 5.63. The van der Waals surface area contributed by atoms with E-state index in [0.29, 0.717) is 24.9 Å². The summed E-state index contributed by atoms with van der Waals surface area (Å²) in [5, 5.41) is 11.8. The fraction of sp³-hybridized carbons (Fsp3) is 0.857. The average Bonchev–Trinajstić information content (AvgIpc) is 2.37. The summed E-state index contributed by atoms with van der Waals surface area (Å²) < 4.78 is 0. The number of urea groups is 1. The minimum Gasteiger partial charge on any atom is -0.480 e. The van der Waals surface area contributed by atoms with Crippen LogP contribution in [0, 0.1) is 17.8 Å². The molecule has 5 nitrogen and oxygen atoms in total. The summed E-state index contributed by atoms with van der Waals surface area (Å²) in [5.74, 6) is 0.0592. The van der Waals surface area contributed by atoms with Gasteiger partial charge in [0.1, 0.15) is 6.04 Å². The molecule has 1 fully saturated rings. The molecule has 0 aliphatic carbocycles. The smallest absolute Gasteiger partial charge is 0.326 e. The molecule has 0 spiro atoms. The second-order valence-corrected chi connectivity index (χ2v) is 5.84. The second-order valence-electron chi connectivity index (χ2n) is 5.84. The quantitative estimate of drug-likeness (QED) is 0.822. The monoisotopic (exact) mass is 270 g/mol. The summed E-state index contributed by atoms with van der Waals surface area (Å²) >= 11 is 0. The Bertz CT molecular complexity index is 333. The lowest BCUT2D eigenvalue weighted by Gasteiger charge is -2.36. The molecule has 0 radical (unpaired) electrons. The molecule has 110 valence electrons. The van der Waals surface area contributed by atoms with Crippen LogP contribution in [-0.2, 0) is 4.79 Å². The number of aliphatic carboxylic acids is 1. The third-order valence-corrected chi connectivity index (χ3v) is 4.38. The summed E-state index contributed by atoms with van der Waals surface area (Å²) in [6.45, 7) is 9.52. The van der Waals surface area contributed by atoms with E-state index < -0.39 is 12.0 Å². The first-order chi connectivity index (χ1) is 8.86. The van der Waals surface area contributed by atoms with E-state index >= 15 is 0 Å². The largest absolute Gasteiger partial charge is 0.480 e. The SMILES string of the molecule is CC[C@H](C)[C@H](NC(=O)N1CCC(C)C(C)C1)C(=O)O. The number of hydrogen-bond acceptors (Lipinski definition) is 2. The van der Waals surface area contributed by atoms with Crippen LogP contribution in [0.15, 0.2) is 0 Å². The first kappa shape index (κ1) is 15.8. The highest BCUT2D eigenvalue weighted by Crippen LogP contribution is 2.22. The van der Waals surface area contributed by atoms with E-state index in [1.807, 2.05) is 13.8 Å². The summed E-state index contributed by atoms with van der Waals surface area (Å²) in [5.41, 5.74) is 0. The van der Waals surface area contributed by atoms with Gasteiger partial charge >= 0.3 is 12.0 Å². The van der Waals surface area contributed by atoms with E-state index in [4.69, 9.17) is 0 Å². The number of carbonyl (C=O) groups is 2. The first-order valence-corrected chi connectivity index (χ1v) is 7.15. The third-order valence-electron chi connectivity index (χ3n) is 4.38. The number of nitrogens with zero attached hydrogens (tertiary/aromatic N) is 1. The standard InChI is InChI=1S/C14H26N2O3/c1-5-9(2)12(13(17)18)15-14(19)16-7-6-10(3)11(4)8-16/h9-12H,5-8H2,1-4H3,(H,15,19)(H,17,18)/t9-,10?,11?,12-/m0/s1. The molecule has 5 heteroatoms. The van der Waals surface area contributed by atoms with Crippen molar-refractivity contribution >= 4 is 12.0 Å². The second kappa shape index (κ2) is 6.78. The highest BCUT2D eigenvalue weighted by atomic mass is 16.4. The zero-order chi connectivity index (χ0) is 14.6. The predicted molar refractivity (Wildman–Crippen MR) is 73.9 cm³/mol. The molecule has 1 saturated heterocycles. The Hall–Kier alpha value is -1.26. The maximum absolute atomic E-state index is 12.1. The fourth-order valence-electron chi connectivity index (χ4n) is 2.35. The molecule has 1 rings (SSSR count). The molecule has 2 amide bonds. The van der Waals surface area contributed by atoms with Crippen molar-refractivity contribution in [1.82, 2.24) is 10.2 Å². The third kappa shape index (κ3) is 4.11. The summed E-state index contributed by atoms with van der Waals surface area (Å²) in [6, 6.07) is -1.04. The van der Waals surface area contributed by atoms with Crippen molar-refractivity contribution in [2.45, 2.75) is 46.6 Å². The summed E-state index contributed by atoms with van der Waals surface area (Å²) in [6.07, 6.45) is 1.71. The van der Waals surface area contributed by atoms with Gasteiger partial charge in [-0.15, -0.1) is 0 Å².